The number of aromatic nitrogens is 1. The van der Waals surface area contributed by atoms with E-state index < -0.39 is 17.0 Å². The summed E-state index contributed by atoms with van der Waals surface area (Å²) in [5.41, 5.74) is 0.472. The highest BCUT2D eigenvalue weighted by Gasteiger charge is 2.17. The van der Waals surface area contributed by atoms with Crippen molar-refractivity contribution < 1.29 is 13.6 Å². The fourth-order valence-corrected chi connectivity index (χ4v) is 3.30. The molecule has 3 heterocycles. The summed E-state index contributed by atoms with van der Waals surface area (Å²) in [6.07, 6.45) is 1.33. The van der Waals surface area contributed by atoms with Crippen molar-refractivity contribution in [3.63, 3.8) is 0 Å². The number of nitrogens with zero attached hydrogens (tertiary/aromatic N) is 1. The van der Waals surface area contributed by atoms with Gasteiger partial charge in [0.2, 0.25) is 5.78 Å². The van der Waals surface area contributed by atoms with Crippen LogP contribution in [0, 0.1) is 0 Å². The highest BCUT2D eigenvalue weighted by Crippen LogP contribution is 2.20. The van der Waals surface area contributed by atoms with Crippen molar-refractivity contribution in [2.75, 3.05) is 0 Å². The quantitative estimate of drug-likeness (QED) is 0.336. The zero-order valence-electron chi connectivity index (χ0n) is 15.5. The molecule has 5 rings (SSSR count). The van der Waals surface area contributed by atoms with Crippen LogP contribution in [-0.2, 0) is 0 Å². The van der Waals surface area contributed by atoms with E-state index in [2.05, 4.69) is 4.98 Å². The van der Waals surface area contributed by atoms with E-state index in [-0.39, 0.29) is 16.7 Å². The Morgan fingerprint density at radius 3 is 2.03 bits per heavy atom. The predicted octanol–water partition coefficient (Wildman–Crippen LogP) is 4.19. The molecule has 0 amide bonds. The molecule has 6 heteroatoms. The Morgan fingerprint density at radius 2 is 1.37 bits per heavy atom. The zero-order chi connectivity index (χ0) is 20.7. The van der Waals surface area contributed by atoms with Crippen LogP contribution in [0.2, 0.25) is 0 Å². The van der Waals surface area contributed by atoms with E-state index in [0.29, 0.717) is 22.2 Å². The van der Waals surface area contributed by atoms with Gasteiger partial charge in [0.15, 0.2) is 0 Å². The first-order valence-electron chi connectivity index (χ1n) is 9.17. The van der Waals surface area contributed by atoms with Crippen molar-refractivity contribution in [3.8, 4) is 11.3 Å². The third-order valence-corrected chi connectivity index (χ3v) is 4.83. The summed E-state index contributed by atoms with van der Waals surface area (Å²) in [5, 5.41) is 1.42. The molecule has 0 aliphatic heterocycles. The molecule has 0 radical (unpaired) electrons. The van der Waals surface area contributed by atoms with Gasteiger partial charge >= 0.3 is 11.3 Å². The summed E-state index contributed by atoms with van der Waals surface area (Å²) in [6, 6.07) is 20.4. The second kappa shape index (κ2) is 6.93. The van der Waals surface area contributed by atoms with Crippen molar-refractivity contribution >= 4 is 27.7 Å². The molecule has 0 bridgehead atoms. The first-order valence-corrected chi connectivity index (χ1v) is 9.17. The predicted molar refractivity (Wildman–Crippen MR) is 112 cm³/mol. The number of benzene rings is 2. The molecule has 0 fully saturated rings. The van der Waals surface area contributed by atoms with E-state index in [1.165, 1.54) is 18.3 Å². The molecule has 0 saturated heterocycles. The zero-order valence-corrected chi connectivity index (χ0v) is 15.5. The van der Waals surface area contributed by atoms with Gasteiger partial charge in [0.1, 0.15) is 16.7 Å². The van der Waals surface area contributed by atoms with Crippen LogP contribution >= 0.6 is 0 Å². The third-order valence-electron chi connectivity index (χ3n) is 4.83. The molecule has 2 aromatic carbocycles. The Hall–Kier alpha value is -4.32. The van der Waals surface area contributed by atoms with Gasteiger partial charge in [0, 0.05) is 22.5 Å². The fourth-order valence-electron chi connectivity index (χ4n) is 3.30. The van der Waals surface area contributed by atoms with Gasteiger partial charge in [-0.05, 0) is 36.4 Å². The average molecular weight is 395 g/mol. The highest BCUT2D eigenvalue weighted by molar-refractivity contribution is 6.09. The number of ketones is 1. The van der Waals surface area contributed by atoms with Crippen molar-refractivity contribution in [1.29, 1.82) is 0 Å². The molecule has 0 N–H and O–H groups in total. The van der Waals surface area contributed by atoms with Crippen molar-refractivity contribution in [2.45, 2.75) is 0 Å². The standard InChI is InChI=1S/C24H13NO5/c26-22(18-12-15-6-2-4-8-21(15)30-24(18)28)16-9-10-19(25-13-16)17-11-14-5-1-3-7-20(14)29-23(17)27/h1-13H. The van der Waals surface area contributed by atoms with Gasteiger partial charge in [0.05, 0.1) is 11.3 Å². The minimum absolute atomic E-state index is 0.0755. The van der Waals surface area contributed by atoms with Crippen molar-refractivity contribution in [1.82, 2.24) is 4.98 Å². The maximum atomic E-state index is 12.8. The molecule has 0 spiro atoms. The normalized spacial score (nSPS) is 11.1. The third kappa shape index (κ3) is 3.00. The van der Waals surface area contributed by atoms with Crippen LogP contribution in [0.4, 0.5) is 0 Å². The first-order chi connectivity index (χ1) is 14.6. The van der Waals surface area contributed by atoms with Gasteiger partial charge in [0.25, 0.3) is 0 Å². The van der Waals surface area contributed by atoms with Gasteiger partial charge in [-0.15, -0.1) is 0 Å². The Balaban J connectivity index is 1.53. The number of carbonyl (C=O) groups is 1. The van der Waals surface area contributed by atoms with Crippen molar-refractivity contribution in [2.24, 2.45) is 0 Å². The Bertz CT molecular complexity index is 1540. The molecule has 0 saturated carbocycles. The van der Waals surface area contributed by atoms with E-state index in [1.54, 1.807) is 48.5 Å². The molecular formula is C24H13NO5. The van der Waals surface area contributed by atoms with E-state index in [4.69, 9.17) is 8.83 Å². The second-order valence-electron chi connectivity index (χ2n) is 6.73. The summed E-state index contributed by atoms with van der Waals surface area (Å²) in [5.74, 6) is -0.501. The molecule has 0 unspecified atom stereocenters. The number of pyridine rings is 1. The first kappa shape index (κ1) is 17.8. The fraction of sp³-hybridized carbons (Fsp3) is 0. The molecule has 5 aromatic rings. The van der Waals surface area contributed by atoms with Gasteiger partial charge in [-0.25, -0.2) is 9.59 Å². The molecule has 3 aromatic heterocycles. The number of para-hydroxylation sites is 2. The minimum atomic E-state index is -0.710. The van der Waals surface area contributed by atoms with Gasteiger partial charge in [-0.1, -0.05) is 36.4 Å². The molecule has 144 valence electrons. The van der Waals surface area contributed by atoms with E-state index in [1.807, 2.05) is 12.1 Å². The number of fused-ring (bicyclic) bond motifs is 2. The maximum absolute atomic E-state index is 12.8. The summed E-state index contributed by atoms with van der Waals surface area (Å²) in [7, 11) is 0. The molecular weight excluding hydrogens is 382 g/mol. The van der Waals surface area contributed by atoms with E-state index in [0.717, 1.165) is 5.39 Å². The second-order valence-corrected chi connectivity index (χ2v) is 6.73. The molecule has 0 atom stereocenters. The monoisotopic (exact) mass is 395 g/mol. The van der Waals surface area contributed by atoms with Crippen LogP contribution in [0.15, 0.2) is 97.4 Å². The highest BCUT2D eigenvalue weighted by atomic mass is 16.4. The maximum Gasteiger partial charge on any atom is 0.347 e. The van der Waals surface area contributed by atoms with E-state index in [9.17, 15) is 14.4 Å². The molecule has 6 nitrogen and oxygen atoms in total. The lowest BCUT2D eigenvalue weighted by molar-refractivity contribution is 0.103. The van der Waals surface area contributed by atoms with Crippen LogP contribution in [-0.4, -0.2) is 10.8 Å². The summed E-state index contributed by atoms with van der Waals surface area (Å²) in [6.45, 7) is 0. The van der Waals surface area contributed by atoms with Crippen LogP contribution in [0.3, 0.4) is 0 Å². The number of carbonyl (C=O) groups excluding carboxylic acids is 1. The average Bonchev–Trinajstić information content (AvgIpc) is 2.78. The summed E-state index contributed by atoms with van der Waals surface area (Å²) >= 11 is 0. The molecule has 0 aliphatic rings. The smallest absolute Gasteiger partial charge is 0.347 e. The molecule has 0 aliphatic carbocycles. The van der Waals surface area contributed by atoms with Crippen LogP contribution in [0.1, 0.15) is 15.9 Å². The van der Waals surface area contributed by atoms with Crippen molar-refractivity contribution in [3.05, 3.63) is 111 Å². The number of hydrogen-bond acceptors (Lipinski definition) is 6. The Labute approximate surface area is 169 Å². The lowest BCUT2D eigenvalue weighted by Gasteiger charge is -2.04. The van der Waals surface area contributed by atoms with E-state index >= 15 is 0 Å². The Kier molecular flexibility index (Phi) is 4.10. The summed E-state index contributed by atoms with van der Waals surface area (Å²) in [4.78, 5) is 41.6. The SMILES string of the molecule is O=C(c1ccc(-c2cc3ccccc3oc2=O)nc1)c1cc2ccccc2oc1=O. The number of rotatable bonds is 3. The Morgan fingerprint density at radius 1 is 0.733 bits per heavy atom. The lowest BCUT2D eigenvalue weighted by Crippen LogP contribution is -2.15. The summed E-state index contributed by atoms with van der Waals surface area (Å²) < 4.78 is 10.6. The van der Waals surface area contributed by atoms with Gasteiger partial charge in [-0.2, -0.15) is 0 Å². The lowest BCUT2D eigenvalue weighted by atomic mass is 10.0. The molecule has 30 heavy (non-hydrogen) atoms. The largest absolute Gasteiger partial charge is 0.422 e. The van der Waals surface area contributed by atoms with Gasteiger partial charge in [-0.3, -0.25) is 9.78 Å². The van der Waals surface area contributed by atoms with Gasteiger partial charge < -0.3 is 8.83 Å². The number of hydrogen-bond donors (Lipinski definition) is 0. The van der Waals surface area contributed by atoms with Crippen LogP contribution < -0.4 is 11.3 Å². The topological polar surface area (TPSA) is 90.4 Å². The minimum Gasteiger partial charge on any atom is -0.422 e. The van der Waals surface area contributed by atoms with Crippen LogP contribution in [0.25, 0.3) is 33.2 Å². The van der Waals surface area contributed by atoms with Crippen LogP contribution in [0.5, 0.6) is 0 Å².